The molecule has 4 rings (SSSR count). The highest BCUT2D eigenvalue weighted by Gasteiger charge is 2.11. The third-order valence-corrected chi connectivity index (χ3v) is 4.09. The second-order valence-corrected chi connectivity index (χ2v) is 5.70. The van der Waals surface area contributed by atoms with Crippen molar-refractivity contribution in [1.29, 1.82) is 0 Å². The van der Waals surface area contributed by atoms with Crippen LogP contribution in [0.1, 0.15) is 0 Å². The van der Waals surface area contributed by atoms with E-state index in [1.54, 1.807) is 0 Å². The van der Waals surface area contributed by atoms with E-state index in [4.69, 9.17) is 4.42 Å². The maximum Gasteiger partial charge on any atom is 0.136 e. The van der Waals surface area contributed by atoms with E-state index in [0.29, 0.717) is 0 Å². The third kappa shape index (κ3) is 1.76. The molecule has 0 atom stereocenters. The highest BCUT2D eigenvalue weighted by atomic mass is 79.9. The normalized spacial score (nSPS) is 11.2. The Bertz CT molecular complexity index is 904. The van der Waals surface area contributed by atoms with E-state index in [9.17, 15) is 0 Å². The first-order valence-corrected chi connectivity index (χ1v) is 7.28. The number of halogens is 1. The van der Waals surface area contributed by atoms with E-state index in [2.05, 4.69) is 58.4 Å². The lowest BCUT2D eigenvalue weighted by molar-refractivity contribution is 0.669. The second kappa shape index (κ2) is 4.50. The van der Waals surface area contributed by atoms with Gasteiger partial charge in [0, 0.05) is 15.2 Å². The number of benzene rings is 3. The van der Waals surface area contributed by atoms with E-state index >= 15 is 0 Å². The number of para-hydroxylation sites is 1. The molecule has 0 spiro atoms. The zero-order valence-corrected chi connectivity index (χ0v) is 12.2. The van der Waals surface area contributed by atoms with Crippen molar-refractivity contribution in [2.45, 2.75) is 0 Å². The summed E-state index contributed by atoms with van der Waals surface area (Å²) in [6, 6.07) is 22.8. The molecule has 0 aliphatic rings. The summed E-state index contributed by atoms with van der Waals surface area (Å²) in [5.74, 6) is 0. The molecular weight excluding hydrogens is 312 g/mol. The summed E-state index contributed by atoms with van der Waals surface area (Å²) in [4.78, 5) is 0. The van der Waals surface area contributed by atoms with Gasteiger partial charge in [-0.3, -0.25) is 0 Å². The fraction of sp³-hybridized carbons (Fsp3) is 0. The summed E-state index contributed by atoms with van der Waals surface area (Å²) in [7, 11) is 0. The van der Waals surface area contributed by atoms with Gasteiger partial charge in [-0.15, -0.1) is 0 Å². The van der Waals surface area contributed by atoms with E-state index in [1.807, 2.05) is 24.3 Å². The van der Waals surface area contributed by atoms with Gasteiger partial charge in [0.2, 0.25) is 0 Å². The molecule has 1 aromatic heterocycles. The van der Waals surface area contributed by atoms with Gasteiger partial charge < -0.3 is 4.42 Å². The Labute approximate surface area is 125 Å². The van der Waals surface area contributed by atoms with Crippen LogP contribution in [-0.2, 0) is 0 Å². The van der Waals surface area contributed by atoms with Gasteiger partial charge in [0.1, 0.15) is 11.2 Å². The highest BCUT2D eigenvalue weighted by Crippen LogP contribution is 2.36. The molecular formula is C18H11BrO. The zero-order chi connectivity index (χ0) is 13.5. The molecule has 0 aliphatic carbocycles. The number of furan rings is 1. The summed E-state index contributed by atoms with van der Waals surface area (Å²) >= 11 is 3.48. The van der Waals surface area contributed by atoms with Crippen molar-refractivity contribution in [3.63, 3.8) is 0 Å². The molecule has 0 amide bonds. The van der Waals surface area contributed by atoms with Crippen LogP contribution in [0.15, 0.2) is 75.6 Å². The number of fused-ring (bicyclic) bond motifs is 3. The van der Waals surface area contributed by atoms with E-state index in [0.717, 1.165) is 15.6 Å². The van der Waals surface area contributed by atoms with Crippen LogP contribution >= 0.6 is 15.9 Å². The zero-order valence-electron chi connectivity index (χ0n) is 10.6. The monoisotopic (exact) mass is 322 g/mol. The summed E-state index contributed by atoms with van der Waals surface area (Å²) in [6.07, 6.45) is 0. The smallest absolute Gasteiger partial charge is 0.136 e. The molecule has 20 heavy (non-hydrogen) atoms. The fourth-order valence-corrected chi connectivity index (χ4v) is 2.91. The predicted molar refractivity (Wildman–Crippen MR) is 86.9 cm³/mol. The Balaban J connectivity index is 2.11. The van der Waals surface area contributed by atoms with Crippen molar-refractivity contribution >= 4 is 37.9 Å². The predicted octanol–water partition coefficient (Wildman–Crippen LogP) is 6.02. The van der Waals surface area contributed by atoms with Crippen molar-refractivity contribution in [2.75, 3.05) is 0 Å². The van der Waals surface area contributed by atoms with Crippen LogP contribution in [0.5, 0.6) is 0 Å². The summed E-state index contributed by atoms with van der Waals surface area (Å²) in [6.45, 7) is 0. The summed E-state index contributed by atoms with van der Waals surface area (Å²) in [5, 5.41) is 2.35. The maximum atomic E-state index is 5.93. The number of hydrogen-bond acceptors (Lipinski definition) is 1. The SMILES string of the molecule is Brc1ccc(-c2cccc3oc4ccccc4c23)cc1. The van der Waals surface area contributed by atoms with Crippen molar-refractivity contribution in [3.8, 4) is 11.1 Å². The Hall–Kier alpha value is -2.06. The molecule has 0 aliphatic heterocycles. The second-order valence-electron chi connectivity index (χ2n) is 4.78. The molecule has 96 valence electrons. The lowest BCUT2D eigenvalue weighted by atomic mass is 10.00. The van der Waals surface area contributed by atoms with Gasteiger partial charge in [-0.25, -0.2) is 0 Å². The van der Waals surface area contributed by atoms with Gasteiger partial charge in [0.15, 0.2) is 0 Å². The van der Waals surface area contributed by atoms with Crippen LogP contribution in [0.4, 0.5) is 0 Å². The molecule has 1 heterocycles. The molecule has 0 saturated carbocycles. The Morgan fingerprint density at radius 1 is 0.700 bits per heavy atom. The molecule has 0 radical (unpaired) electrons. The van der Waals surface area contributed by atoms with Gasteiger partial charge in [0.05, 0.1) is 0 Å². The molecule has 0 bridgehead atoms. The van der Waals surface area contributed by atoms with Gasteiger partial charge in [0.25, 0.3) is 0 Å². The Morgan fingerprint density at radius 2 is 1.45 bits per heavy atom. The van der Waals surface area contributed by atoms with Crippen LogP contribution in [0.25, 0.3) is 33.1 Å². The third-order valence-electron chi connectivity index (χ3n) is 3.56. The Kier molecular flexibility index (Phi) is 2.64. The van der Waals surface area contributed by atoms with Gasteiger partial charge in [-0.2, -0.15) is 0 Å². The first kappa shape index (κ1) is 11.7. The first-order valence-electron chi connectivity index (χ1n) is 6.49. The average molecular weight is 323 g/mol. The fourth-order valence-electron chi connectivity index (χ4n) is 2.64. The molecule has 3 aromatic carbocycles. The lowest BCUT2D eigenvalue weighted by Crippen LogP contribution is -1.79. The van der Waals surface area contributed by atoms with Crippen molar-refractivity contribution in [3.05, 3.63) is 71.2 Å². The van der Waals surface area contributed by atoms with Crippen LogP contribution in [0, 0.1) is 0 Å². The number of hydrogen-bond donors (Lipinski definition) is 0. The van der Waals surface area contributed by atoms with Gasteiger partial charge in [-0.05, 0) is 35.4 Å². The van der Waals surface area contributed by atoms with Gasteiger partial charge >= 0.3 is 0 Å². The van der Waals surface area contributed by atoms with Crippen molar-refractivity contribution < 1.29 is 4.42 Å². The Morgan fingerprint density at radius 3 is 2.30 bits per heavy atom. The average Bonchev–Trinajstić information content (AvgIpc) is 2.86. The highest BCUT2D eigenvalue weighted by molar-refractivity contribution is 9.10. The first-order chi connectivity index (χ1) is 9.83. The van der Waals surface area contributed by atoms with E-state index in [-0.39, 0.29) is 0 Å². The lowest BCUT2D eigenvalue weighted by Gasteiger charge is -2.04. The molecule has 1 nitrogen and oxygen atoms in total. The van der Waals surface area contributed by atoms with Crippen LogP contribution in [0.2, 0.25) is 0 Å². The topological polar surface area (TPSA) is 13.1 Å². The molecule has 2 heteroatoms. The summed E-state index contributed by atoms with van der Waals surface area (Å²) < 4.78 is 7.02. The van der Waals surface area contributed by atoms with E-state index < -0.39 is 0 Å². The minimum Gasteiger partial charge on any atom is -0.456 e. The maximum absolute atomic E-state index is 5.93. The largest absolute Gasteiger partial charge is 0.456 e. The molecule has 4 aromatic rings. The van der Waals surface area contributed by atoms with Crippen molar-refractivity contribution in [2.24, 2.45) is 0 Å². The standard InChI is InChI=1S/C18H11BrO/c19-13-10-8-12(9-11-13)14-5-3-7-17-18(14)15-4-1-2-6-16(15)20-17/h1-11H. The van der Waals surface area contributed by atoms with Crippen LogP contribution in [0.3, 0.4) is 0 Å². The van der Waals surface area contributed by atoms with E-state index in [1.165, 1.54) is 21.9 Å². The quantitative estimate of drug-likeness (QED) is 0.418. The van der Waals surface area contributed by atoms with Crippen LogP contribution < -0.4 is 0 Å². The molecule has 0 saturated heterocycles. The molecule has 0 unspecified atom stereocenters. The van der Waals surface area contributed by atoms with Crippen molar-refractivity contribution in [1.82, 2.24) is 0 Å². The molecule has 0 N–H and O–H groups in total. The minimum absolute atomic E-state index is 0.937. The minimum atomic E-state index is 0.937. The molecule has 0 fully saturated rings. The van der Waals surface area contributed by atoms with Crippen LogP contribution in [-0.4, -0.2) is 0 Å². The summed E-state index contributed by atoms with van der Waals surface area (Å²) in [5.41, 5.74) is 4.28. The van der Waals surface area contributed by atoms with Gasteiger partial charge in [-0.1, -0.05) is 58.4 Å². The number of rotatable bonds is 1.